The standard InChI is InChI=1S/C25H22N2O2.C20H19BrN2O2/c1-18-23(20-11-6-3-7-12-20)25(29)27(16-15-19-9-4-2-5-10-19)24(26-18)21-13-8-14-22(28)17-21;1-14-18(21)20(24)23(12-11-15-7-4-3-5-8-15)19(22-14)16-9-6-10-17(13-16)25-2/h2-14,17,28H,15-16H2,1H3;3-10,13H,11-12H2,1-2H3. The summed E-state index contributed by atoms with van der Waals surface area (Å²) in [5.41, 5.74) is 6.61. The van der Waals surface area contributed by atoms with E-state index in [4.69, 9.17) is 9.72 Å². The fourth-order valence-corrected chi connectivity index (χ4v) is 6.57. The summed E-state index contributed by atoms with van der Waals surface area (Å²) in [6.45, 7) is 4.75. The molecule has 2 heterocycles. The van der Waals surface area contributed by atoms with Crippen molar-refractivity contribution < 1.29 is 9.84 Å². The molecule has 7 rings (SSSR count). The Morgan fingerprint density at radius 1 is 0.593 bits per heavy atom. The van der Waals surface area contributed by atoms with Gasteiger partial charge in [0.15, 0.2) is 0 Å². The molecule has 272 valence electrons. The summed E-state index contributed by atoms with van der Waals surface area (Å²) in [6.07, 6.45) is 1.47. The third-order valence-corrected chi connectivity index (χ3v) is 9.97. The van der Waals surface area contributed by atoms with Crippen molar-refractivity contribution in [1.29, 1.82) is 0 Å². The van der Waals surface area contributed by atoms with Gasteiger partial charge in [0.2, 0.25) is 0 Å². The minimum absolute atomic E-state index is 0.0683. The van der Waals surface area contributed by atoms with Gasteiger partial charge in [-0.2, -0.15) is 0 Å². The first-order chi connectivity index (χ1) is 26.2. The van der Waals surface area contributed by atoms with E-state index in [1.54, 1.807) is 34.4 Å². The largest absolute Gasteiger partial charge is 0.508 e. The molecular weight excluding hydrogens is 740 g/mol. The lowest BCUT2D eigenvalue weighted by Crippen LogP contribution is -2.27. The van der Waals surface area contributed by atoms with E-state index in [1.165, 1.54) is 5.56 Å². The molecule has 0 radical (unpaired) electrons. The van der Waals surface area contributed by atoms with Crippen LogP contribution in [0.15, 0.2) is 154 Å². The first kappa shape index (κ1) is 37.7. The number of hydrogen-bond donors (Lipinski definition) is 1. The number of halogens is 1. The number of methoxy groups -OCH3 is 1. The van der Waals surface area contributed by atoms with Crippen LogP contribution in [0.4, 0.5) is 0 Å². The summed E-state index contributed by atoms with van der Waals surface area (Å²) >= 11 is 3.37. The van der Waals surface area contributed by atoms with Crippen molar-refractivity contribution in [2.45, 2.75) is 39.8 Å². The van der Waals surface area contributed by atoms with Gasteiger partial charge in [-0.1, -0.05) is 115 Å². The summed E-state index contributed by atoms with van der Waals surface area (Å²) in [6, 6.07) is 44.3. The van der Waals surface area contributed by atoms with Crippen LogP contribution in [0.25, 0.3) is 33.9 Å². The van der Waals surface area contributed by atoms with Crippen LogP contribution in [0, 0.1) is 13.8 Å². The summed E-state index contributed by atoms with van der Waals surface area (Å²) < 4.78 is 9.25. The Labute approximate surface area is 323 Å². The highest BCUT2D eigenvalue weighted by Crippen LogP contribution is 2.26. The lowest BCUT2D eigenvalue weighted by atomic mass is 10.0. The molecule has 54 heavy (non-hydrogen) atoms. The van der Waals surface area contributed by atoms with E-state index in [1.807, 2.05) is 111 Å². The Morgan fingerprint density at radius 2 is 1.07 bits per heavy atom. The van der Waals surface area contributed by atoms with E-state index in [-0.39, 0.29) is 16.9 Å². The maximum absolute atomic E-state index is 13.6. The normalized spacial score (nSPS) is 10.7. The molecule has 0 aliphatic rings. The maximum atomic E-state index is 13.6. The Hall–Kier alpha value is -6.06. The first-order valence-corrected chi connectivity index (χ1v) is 18.5. The minimum atomic E-state index is -0.0713. The Kier molecular flexibility index (Phi) is 12.3. The molecule has 7 aromatic rings. The number of hydrogen-bond acceptors (Lipinski definition) is 6. The molecule has 0 bridgehead atoms. The monoisotopic (exact) mass is 780 g/mol. The van der Waals surface area contributed by atoms with Gasteiger partial charge in [-0.15, -0.1) is 0 Å². The molecule has 5 aromatic carbocycles. The zero-order valence-corrected chi connectivity index (χ0v) is 32.0. The van der Waals surface area contributed by atoms with E-state index < -0.39 is 0 Å². The number of benzene rings is 5. The summed E-state index contributed by atoms with van der Waals surface area (Å²) in [5.74, 6) is 2.11. The third kappa shape index (κ3) is 8.93. The molecule has 8 nitrogen and oxygen atoms in total. The maximum Gasteiger partial charge on any atom is 0.268 e. The quantitative estimate of drug-likeness (QED) is 0.149. The van der Waals surface area contributed by atoms with Gasteiger partial charge >= 0.3 is 0 Å². The molecule has 0 unspecified atom stereocenters. The van der Waals surface area contributed by atoms with Gasteiger partial charge < -0.3 is 9.84 Å². The number of rotatable bonds is 10. The van der Waals surface area contributed by atoms with Crippen molar-refractivity contribution in [2.75, 3.05) is 7.11 Å². The van der Waals surface area contributed by atoms with Crippen molar-refractivity contribution in [2.24, 2.45) is 0 Å². The lowest BCUT2D eigenvalue weighted by Gasteiger charge is -2.16. The molecule has 0 aliphatic carbocycles. The Morgan fingerprint density at radius 3 is 1.63 bits per heavy atom. The average Bonchev–Trinajstić information content (AvgIpc) is 3.20. The van der Waals surface area contributed by atoms with Crippen molar-refractivity contribution in [1.82, 2.24) is 19.1 Å². The minimum Gasteiger partial charge on any atom is -0.508 e. The second kappa shape index (κ2) is 17.6. The number of ether oxygens (including phenoxy) is 1. The van der Waals surface area contributed by atoms with E-state index in [0.717, 1.165) is 34.4 Å². The number of aromatic hydroxyl groups is 1. The van der Waals surface area contributed by atoms with Gasteiger partial charge in [-0.25, -0.2) is 9.97 Å². The van der Waals surface area contributed by atoms with Gasteiger partial charge in [0.1, 0.15) is 27.6 Å². The molecule has 0 aliphatic heterocycles. The van der Waals surface area contributed by atoms with Crippen LogP contribution in [0.2, 0.25) is 0 Å². The van der Waals surface area contributed by atoms with Crippen LogP contribution in [0.1, 0.15) is 22.5 Å². The molecule has 0 fully saturated rings. The smallest absolute Gasteiger partial charge is 0.268 e. The topological polar surface area (TPSA) is 99.2 Å². The van der Waals surface area contributed by atoms with Crippen molar-refractivity contribution in [3.8, 4) is 45.4 Å². The first-order valence-electron chi connectivity index (χ1n) is 17.7. The fraction of sp³-hybridized carbons (Fsp3) is 0.156. The molecule has 9 heteroatoms. The predicted octanol–water partition coefficient (Wildman–Crippen LogP) is 9.07. The Bertz CT molecular complexity index is 2470. The van der Waals surface area contributed by atoms with Crippen LogP contribution in [0.3, 0.4) is 0 Å². The Balaban J connectivity index is 0.000000186. The van der Waals surface area contributed by atoms with Gasteiger partial charge in [-0.05, 0) is 83.6 Å². The van der Waals surface area contributed by atoms with Crippen LogP contribution >= 0.6 is 15.9 Å². The van der Waals surface area contributed by atoms with Gasteiger partial charge in [-0.3, -0.25) is 18.7 Å². The molecule has 0 spiro atoms. The second-order valence-corrected chi connectivity index (χ2v) is 13.6. The van der Waals surface area contributed by atoms with Gasteiger partial charge in [0, 0.05) is 24.2 Å². The van der Waals surface area contributed by atoms with Crippen molar-refractivity contribution >= 4 is 15.9 Å². The summed E-state index contributed by atoms with van der Waals surface area (Å²) in [4.78, 5) is 35.8. The molecule has 0 atom stereocenters. The lowest BCUT2D eigenvalue weighted by molar-refractivity contribution is 0.415. The summed E-state index contributed by atoms with van der Waals surface area (Å²) in [5, 5.41) is 9.93. The highest BCUT2D eigenvalue weighted by atomic mass is 79.9. The van der Waals surface area contributed by atoms with Crippen LogP contribution in [0.5, 0.6) is 11.5 Å². The van der Waals surface area contributed by atoms with E-state index in [2.05, 4.69) is 45.2 Å². The van der Waals surface area contributed by atoms with Crippen LogP contribution < -0.4 is 15.9 Å². The molecule has 0 saturated carbocycles. The SMILES string of the molecule is COc1cccc(-c2nc(C)c(Br)c(=O)n2CCc2ccccc2)c1.Cc1nc(-c2cccc(O)c2)n(CCc2ccccc2)c(=O)c1-c1ccccc1. The van der Waals surface area contributed by atoms with Crippen LogP contribution in [-0.2, 0) is 25.9 Å². The van der Waals surface area contributed by atoms with Gasteiger partial charge in [0.05, 0.1) is 24.1 Å². The predicted molar refractivity (Wildman–Crippen MR) is 219 cm³/mol. The fourth-order valence-electron chi connectivity index (χ4n) is 6.27. The molecule has 2 aromatic heterocycles. The number of aromatic nitrogens is 4. The highest BCUT2D eigenvalue weighted by Gasteiger charge is 2.18. The van der Waals surface area contributed by atoms with Crippen molar-refractivity contribution in [3.63, 3.8) is 0 Å². The zero-order chi connectivity index (χ0) is 38.0. The third-order valence-electron chi connectivity index (χ3n) is 9.06. The number of phenols is 1. The molecular formula is C45H41BrN4O4. The van der Waals surface area contributed by atoms with Gasteiger partial charge in [0.25, 0.3) is 11.1 Å². The van der Waals surface area contributed by atoms with E-state index in [0.29, 0.717) is 52.6 Å². The van der Waals surface area contributed by atoms with E-state index >= 15 is 0 Å². The van der Waals surface area contributed by atoms with Crippen molar-refractivity contribution in [3.05, 3.63) is 187 Å². The second-order valence-electron chi connectivity index (χ2n) is 12.8. The zero-order valence-electron chi connectivity index (χ0n) is 30.4. The average molecular weight is 782 g/mol. The van der Waals surface area contributed by atoms with Crippen LogP contribution in [-0.4, -0.2) is 31.3 Å². The number of aryl methyl sites for hydroxylation is 4. The number of nitrogens with zero attached hydrogens (tertiary/aromatic N) is 4. The summed E-state index contributed by atoms with van der Waals surface area (Å²) in [7, 11) is 1.63. The molecule has 1 N–H and O–H groups in total. The highest BCUT2D eigenvalue weighted by molar-refractivity contribution is 9.10. The van der Waals surface area contributed by atoms with E-state index in [9.17, 15) is 14.7 Å². The molecule has 0 saturated heterocycles. The number of phenolic OH excluding ortho intramolecular Hbond substituents is 1. The molecule has 0 amide bonds.